The summed E-state index contributed by atoms with van der Waals surface area (Å²) in [5.41, 5.74) is 6.85. The van der Waals surface area contributed by atoms with Crippen LogP contribution in [0, 0.1) is 12.7 Å². The number of nitrogens with one attached hydrogen (secondary N) is 1. The van der Waals surface area contributed by atoms with E-state index >= 15 is 0 Å². The molecule has 0 atom stereocenters. The van der Waals surface area contributed by atoms with Gasteiger partial charge in [-0.1, -0.05) is 11.3 Å². The molecule has 6 nitrogen and oxygen atoms in total. The predicted molar refractivity (Wildman–Crippen MR) is 67.0 cm³/mol. The number of aromatic nitrogens is 3. The zero-order valence-electron chi connectivity index (χ0n) is 10.4. The molecule has 0 spiro atoms. The normalized spacial score (nSPS) is 10.5. The van der Waals surface area contributed by atoms with Crippen molar-refractivity contribution in [1.29, 1.82) is 0 Å². The third-order valence-corrected chi connectivity index (χ3v) is 2.68. The first-order valence-electron chi connectivity index (χ1n) is 5.75. The summed E-state index contributed by atoms with van der Waals surface area (Å²) in [6, 6.07) is 4.74. The number of rotatable bonds is 4. The second-order valence-electron chi connectivity index (χ2n) is 4.02. The molecule has 0 radical (unpaired) electrons. The third-order valence-electron chi connectivity index (χ3n) is 2.68. The van der Waals surface area contributed by atoms with E-state index in [1.54, 1.807) is 25.3 Å². The standard InChI is InChI=1S/C12H14FN5O/c1-8-10(13)3-2-4-11(8)18-7-9(16-17-18)6-15-12(19)5-14/h2-4,7H,5-6,14H2,1H3,(H,15,19). The van der Waals surface area contributed by atoms with Gasteiger partial charge in [0.2, 0.25) is 5.91 Å². The van der Waals surface area contributed by atoms with E-state index in [9.17, 15) is 9.18 Å². The van der Waals surface area contributed by atoms with Crippen molar-refractivity contribution in [2.45, 2.75) is 13.5 Å². The van der Waals surface area contributed by atoms with Gasteiger partial charge in [-0.3, -0.25) is 4.79 Å². The minimum absolute atomic E-state index is 0.0723. The molecule has 2 rings (SSSR count). The van der Waals surface area contributed by atoms with Gasteiger partial charge in [0.25, 0.3) is 0 Å². The molecule has 7 heteroatoms. The van der Waals surface area contributed by atoms with Crippen LogP contribution in [0.15, 0.2) is 24.4 Å². The van der Waals surface area contributed by atoms with Gasteiger partial charge in [-0.15, -0.1) is 5.10 Å². The Balaban J connectivity index is 2.17. The summed E-state index contributed by atoms with van der Waals surface area (Å²) in [5, 5.41) is 10.4. The molecule has 0 unspecified atom stereocenters. The maximum Gasteiger partial charge on any atom is 0.234 e. The van der Waals surface area contributed by atoms with Crippen LogP contribution in [0.4, 0.5) is 4.39 Å². The van der Waals surface area contributed by atoms with E-state index in [1.807, 2.05) is 0 Å². The van der Waals surface area contributed by atoms with Gasteiger partial charge in [0.1, 0.15) is 11.5 Å². The fourth-order valence-electron chi connectivity index (χ4n) is 1.60. The average molecular weight is 263 g/mol. The Morgan fingerprint density at radius 1 is 1.53 bits per heavy atom. The Hall–Kier alpha value is -2.28. The summed E-state index contributed by atoms with van der Waals surface area (Å²) in [7, 11) is 0. The average Bonchev–Trinajstić information content (AvgIpc) is 2.87. The van der Waals surface area contributed by atoms with Crippen LogP contribution in [0.3, 0.4) is 0 Å². The van der Waals surface area contributed by atoms with Crippen LogP contribution in [0.5, 0.6) is 0 Å². The van der Waals surface area contributed by atoms with Gasteiger partial charge >= 0.3 is 0 Å². The number of nitrogens with zero attached hydrogens (tertiary/aromatic N) is 3. The van der Waals surface area contributed by atoms with Gasteiger partial charge in [0.05, 0.1) is 25.0 Å². The highest BCUT2D eigenvalue weighted by Crippen LogP contribution is 2.15. The maximum atomic E-state index is 13.4. The fourth-order valence-corrected chi connectivity index (χ4v) is 1.60. The summed E-state index contributed by atoms with van der Waals surface area (Å²) in [5.74, 6) is -0.567. The number of nitrogens with two attached hydrogens (primary N) is 1. The molecule has 0 aliphatic carbocycles. The van der Waals surface area contributed by atoms with Crippen molar-refractivity contribution in [1.82, 2.24) is 20.3 Å². The van der Waals surface area contributed by atoms with E-state index < -0.39 is 0 Å². The first kappa shape index (κ1) is 13.2. The zero-order chi connectivity index (χ0) is 13.8. The van der Waals surface area contributed by atoms with Crippen molar-refractivity contribution in [3.63, 3.8) is 0 Å². The number of hydrogen-bond acceptors (Lipinski definition) is 4. The van der Waals surface area contributed by atoms with Gasteiger partial charge in [-0.2, -0.15) is 0 Å². The van der Waals surface area contributed by atoms with Gasteiger partial charge in [-0.25, -0.2) is 9.07 Å². The fraction of sp³-hybridized carbons (Fsp3) is 0.250. The van der Waals surface area contributed by atoms with E-state index in [0.29, 0.717) is 16.9 Å². The lowest BCUT2D eigenvalue weighted by atomic mass is 10.2. The monoisotopic (exact) mass is 263 g/mol. The zero-order valence-corrected chi connectivity index (χ0v) is 10.4. The first-order valence-corrected chi connectivity index (χ1v) is 5.75. The van der Waals surface area contributed by atoms with E-state index in [2.05, 4.69) is 15.6 Å². The van der Waals surface area contributed by atoms with E-state index in [4.69, 9.17) is 5.73 Å². The highest BCUT2D eigenvalue weighted by atomic mass is 19.1. The van der Waals surface area contributed by atoms with Crippen molar-refractivity contribution in [3.05, 3.63) is 41.5 Å². The second kappa shape index (κ2) is 5.57. The number of carbonyl (C=O) groups excluding carboxylic acids is 1. The number of amides is 1. The Kier molecular flexibility index (Phi) is 3.86. The smallest absolute Gasteiger partial charge is 0.234 e. The van der Waals surface area contributed by atoms with E-state index in [0.717, 1.165) is 0 Å². The maximum absolute atomic E-state index is 13.4. The third kappa shape index (κ3) is 2.94. The molecule has 0 fully saturated rings. The molecule has 1 heterocycles. The molecule has 0 aliphatic heterocycles. The van der Waals surface area contributed by atoms with Gasteiger partial charge in [0, 0.05) is 5.56 Å². The SMILES string of the molecule is Cc1c(F)cccc1-n1cc(CNC(=O)CN)nn1. The van der Waals surface area contributed by atoms with Gasteiger partial charge in [0.15, 0.2) is 0 Å². The molecule has 1 amide bonds. The van der Waals surface area contributed by atoms with Crippen LogP contribution >= 0.6 is 0 Å². The minimum Gasteiger partial charge on any atom is -0.349 e. The molecule has 100 valence electrons. The highest BCUT2D eigenvalue weighted by Gasteiger charge is 2.08. The van der Waals surface area contributed by atoms with E-state index in [1.165, 1.54) is 10.7 Å². The van der Waals surface area contributed by atoms with Crippen LogP contribution in [0.25, 0.3) is 5.69 Å². The molecular weight excluding hydrogens is 249 g/mol. The molecule has 0 aliphatic rings. The van der Waals surface area contributed by atoms with Crippen molar-refractivity contribution in [2.24, 2.45) is 5.73 Å². The molecule has 0 saturated heterocycles. The molecule has 0 bridgehead atoms. The highest BCUT2D eigenvalue weighted by molar-refractivity contribution is 5.77. The number of benzene rings is 1. The van der Waals surface area contributed by atoms with E-state index in [-0.39, 0.29) is 24.8 Å². The van der Waals surface area contributed by atoms with Crippen LogP contribution in [0.2, 0.25) is 0 Å². The second-order valence-corrected chi connectivity index (χ2v) is 4.02. The summed E-state index contributed by atoms with van der Waals surface area (Å²) < 4.78 is 14.9. The van der Waals surface area contributed by atoms with Crippen molar-refractivity contribution in [3.8, 4) is 5.69 Å². The summed E-state index contributed by atoms with van der Waals surface area (Å²) in [4.78, 5) is 11.0. The minimum atomic E-state index is -0.300. The Labute approximate surface area is 109 Å². The first-order chi connectivity index (χ1) is 9.11. The van der Waals surface area contributed by atoms with Crippen LogP contribution in [-0.4, -0.2) is 27.4 Å². The molecule has 1 aromatic heterocycles. The predicted octanol–water partition coefficient (Wildman–Crippen LogP) is 0.290. The lowest BCUT2D eigenvalue weighted by molar-refractivity contribution is -0.119. The Bertz CT molecular complexity index is 596. The largest absolute Gasteiger partial charge is 0.349 e. The molecule has 19 heavy (non-hydrogen) atoms. The van der Waals surface area contributed by atoms with Gasteiger partial charge in [-0.05, 0) is 19.1 Å². The van der Waals surface area contributed by atoms with Crippen molar-refractivity contribution < 1.29 is 9.18 Å². The topological polar surface area (TPSA) is 85.8 Å². The quantitative estimate of drug-likeness (QED) is 0.830. The molecule has 1 aromatic carbocycles. The summed E-state index contributed by atoms with van der Waals surface area (Å²) >= 11 is 0. The number of hydrogen-bond donors (Lipinski definition) is 2. The number of carbonyl (C=O) groups is 1. The molecule has 3 N–H and O–H groups in total. The Morgan fingerprint density at radius 3 is 3.05 bits per heavy atom. The summed E-state index contributed by atoms with van der Waals surface area (Å²) in [6.45, 7) is 1.84. The van der Waals surface area contributed by atoms with Gasteiger partial charge < -0.3 is 11.1 Å². The van der Waals surface area contributed by atoms with Crippen molar-refractivity contribution in [2.75, 3.05) is 6.54 Å². The lowest BCUT2D eigenvalue weighted by Gasteiger charge is -2.04. The van der Waals surface area contributed by atoms with Crippen LogP contribution < -0.4 is 11.1 Å². The lowest BCUT2D eigenvalue weighted by Crippen LogP contribution is -2.29. The Morgan fingerprint density at radius 2 is 2.32 bits per heavy atom. The van der Waals surface area contributed by atoms with Crippen molar-refractivity contribution >= 4 is 5.91 Å². The summed E-state index contributed by atoms with van der Waals surface area (Å²) in [6.07, 6.45) is 1.64. The molecule has 0 saturated carbocycles. The van der Waals surface area contributed by atoms with Crippen LogP contribution in [0.1, 0.15) is 11.3 Å². The van der Waals surface area contributed by atoms with Crippen LogP contribution in [-0.2, 0) is 11.3 Å². The molecular formula is C12H14FN5O. The molecule has 2 aromatic rings. The number of halogens is 1.